The van der Waals surface area contributed by atoms with Gasteiger partial charge in [0.25, 0.3) is 0 Å². The fourth-order valence-electron chi connectivity index (χ4n) is 3.97. The zero-order valence-electron chi connectivity index (χ0n) is 18.6. The number of carbonyl (C=O) groups excluding carboxylic acids is 1. The molecule has 11 heteroatoms. The van der Waals surface area contributed by atoms with Gasteiger partial charge < -0.3 is 21.3 Å². The average molecular weight is 483 g/mol. The third-order valence-corrected chi connectivity index (χ3v) is 5.72. The first-order valence-corrected chi connectivity index (χ1v) is 10.9. The number of anilines is 4. The summed E-state index contributed by atoms with van der Waals surface area (Å²) in [7, 11) is 0. The van der Waals surface area contributed by atoms with Crippen LogP contribution < -0.4 is 16.4 Å². The second kappa shape index (κ2) is 10.00. The molecule has 1 amide bonds. The van der Waals surface area contributed by atoms with E-state index in [1.54, 1.807) is 35.2 Å². The molecule has 2 aromatic carbocycles. The van der Waals surface area contributed by atoms with Gasteiger partial charge in [-0.25, -0.2) is 9.97 Å². The van der Waals surface area contributed by atoms with Crippen LogP contribution in [-0.4, -0.2) is 46.1 Å². The topological polar surface area (TPSA) is 120 Å². The highest BCUT2D eigenvalue weighted by Gasteiger charge is 2.30. The van der Waals surface area contributed by atoms with E-state index in [1.807, 2.05) is 0 Å². The van der Waals surface area contributed by atoms with Crippen LogP contribution in [0.5, 0.6) is 0 Å². The molecule has 0 spiro atoms. The summed E-state index contributed by atoms with van der Waals surface area (Å²) in [5.74, 6) is 0.549. The quantitative estimate of drug-likeness (QED) is 0.294. The van der Waals surface area contributed by atoms with Crippen molar-refractivity contribution in [3.63, 3.8) is 0 Å². The molecule has 182 valence electrons. The number of nitrogen functional groups attached to an aromatic ring is 1. The zero-order valence-corrected chi connectivity index (χ0v) is 18.6. The number of nitrogens with one attached hydrogen (secondary N) is 3. The smallest absolute Gasteiger partial charge is 0.383 e. The predicted octanol–water partition coefficient (Wildman–Crippen LogP) is 4.27. The first-order valence-electron chi connectivity index (χ1n) is 10.9. The second-order valence-electron chi connectivity index (χ2n) is 8.22. The molecule has 1 aromatic heterocycles. The largest absolute Gasteiger partial charge is 0.416 e. The normalized spacial score (nSPS) is 16.0. The lowest BCUT2D eigenvalue weighted by Gasteiger charge is -2.31. The molecule has 0 bridgehead atoms. The Morgan fingerprint density at radius 3 is 2.63 bits per heavy atom. The molecular weight excluding hydrogens is 459 g/mol. The number of rotatable bonds is 7. The van der Waals surface area contributed by atoms with E-state index in [0.717, 1.165) is 31.4 Å². The molecule has 1 saturated heterocycles. The number of likely N-dealkylation sites (tertiary alicyclic amines) is 1. The summed E-state index contributed by atoms with van der Waals surface area (Å²) in [4.78, 5) is 21.1. The summed E-state index contributed by atoms with van der Waals surface area (Å²) in [5, 5.41) is 15.0. The van der Waals surface area contributed by atoms with Crippen LogP contribution in [0.25, 0.3) is 0 Å². The molecule has 8 nitrogen and oxygen atoms in total. The second-order valence-corrected chi connectivity index (χ2v) is 8.22. The summed E-state index contributed by atoms with van der Waals surface area (Å²) < 4.78 is 38.9. The first-order chi connectivity index (χ1) is 16.7. The molecule has 1 unspecified atom stereocenters. The lowest BCUT2D eigenvalue weighted by atomic mass is 10.0. The maximum atomic E-state index is 13.0. The van der Waals surface area contributed by atoms with E-state index in [0.29, 0.717) is 41.4 Å². The number of benzene rings is 2. The van der Waals surface area contributed by atoms with Gasteiger partial charge in [0.2, 0.25) is 6.41 Å². The van der Waals surface area contributed by atoms with Crippen molar-refractivity contribution in [2.24, 2.45) is 0 Å². The van der Waals surface area contributed by atoms with E-state index in [2.05, 4.69) is 20.6 Å². The van der Waals surface area contributed by atoms with E-state index >= 15 is 0 Å². The molecule has 0 saturated carbocycles. The molecule has 1 fully saturated rings. The molecule has 1 aliphatic rings. The van der Waals surface area contributed by atoms with Crippen molar-refractivity contribution in [3.05, 3.63) is 71.5 Å². The molecule has 4 rings (SSSR count). The number of hydrogen-bond donors (Lipinski definition) is 4. The van der Waals surface area contributed by atoms with Crippen LogP contribution in [0, 0.1) is 5.41 Å². The van der Waals surface area contributed by atoms with Gasteiger partial charge in [-0.15, -0.1) is 0 Å². The van der Waals surface area contributed by atoms with Gasteiger partial charge >= 0.3 is 6.18 Å². The van der Waals surface area contributed by atoms with Crippen LogP contribution >= 0.6 is 0 Å². The molecule has 1 aliphatic heterocycles. The zero-order chi connectivity index (χ0) is 25.0. The first kappa shape index (κ1) is 24.0. The third-order valence-electron chi connectivity index (χ3n) is 5.72. The molecular formula is C24H24F3N7O. The Bertz CT molecular complexity index is 1210. The highest BCUT2D eigenvalue weighted by atomic mass is 19.4. The summed E-state index contributed by atoms with van der Waals surface area (Å²) in [6.07, 6.45) is -0.596. The van der Waals surface area contributed by atoms with Crippen LogP contribution in [0.4, 0.5) is 36.2 Å². The molecule has 1 atom stereocenters. The summed E-state index contributed by atoms with van der Waals surface area (Å²) in [6, 6.07) is 11.6. The van der Waals surface area contributed by atoms with E-state index in [9.17, 15) is 18.0 Å². The molecule has 35 heavy (non-hydrogen) atoms. The Morgan fingerprint density at radius 2 is 1.91 bits per heavy atom. The molecule has 0 aliphatic carbocycles. The molecule has 2 heterocycles. The van der Waals surface area contributed by atoms with Gasteiger partial charge in [0.1, 0.15) is 18.0 Å². The highest BCUT2D eigenvalue weighted by Crippen LogP contribution is 2.31. The summed E-state index contributed by atoms with van der Waals surface area (Å²) >= 11 is 0. The predicted molar refractivity (Wildman–Crippen MR) is 128 cm³/mol. The van der Waals surface area contributed by atoms with Gasteiger partial charge in [-0.05, 0) is 43.2 Å². The van der Waals surface area contributed by atoms with E-state index in [-0.39, 0.29) is 17.6 Å². The Balaban J connectivity index is 1.52. The van der Waals surface area contributed by atoms with Crippen LogP contribution in [0.15, 0.2) is 54.9 Å². The third kappa shape index (κ3) is 5.68. The van der Waals surface area contributed by atoms with Crippen molar-refractivity contribution in [1.29, 1.82) is 5.41 Å². The van der Waals surface area contributed by atoms with Crippen molar-refractivity contribution >= 4 is 35.1 Å². The van der Waals surface area contributed by atoms with Crippen molar-refractivity contribution in [3.8, 4) is 0 Å². The van der Waals surface area contributed by atoms with Crippen molar-refractivity contribution in [1.82, 2.24) is 14.9 Å². The number of halogens is 3. The lowest BCUT2D eigenvalue weighted by Crippen LogP contribution is -2.41. The Hall–Kier alpha value is -4.15. The number of amides is 1. The number of piperidine rings is 1. The van der Waals surface area contributed by atoms with E-state index in [4.69, 9.17) is 11.1 Å². The molecule has 5 N–H and O–H groups in total. The summed E-state index contributed by atoms with van der Waals surface area (Å²) in [6.45, 7) is 1.23. The SMILES string of the molecule is N=C(c1ccc(Nc2cccc(C(F)(F)F)c2)cc1)c1c(N)ncnc1NC1CCCN(C=O)C1. The number of nitrogens with zero attached hydrogens (tertiary/aromatic N) is 3. The number of aromatic nitrogens is 2. The monoisotopic (exact) mass is 483 g/mol. The van der Waals surface area contributed by atoms with Gasteiger partial charge in [0, 0.05) is 36.1 Å². The van der Waals surface area contributed by atoms with Crippen molar-refractivity contribution < 1.29 is 18.0 Å². The molecule has 3 aromatic rings. The maximum absolute atomic E-state index is 13.0. The minimum absolute atomic E-state index is 0.0335. The Labute approximate surface area is 199 Å². The van der Waals surface area contributed by atoms with Gasteiger partial charge in [0.05, 0.1) is 16.8 Å². The Kier molecular flexibility index (Phi) is 6.85. The van der Waals surface area contributed by atoms with Crippen LogP contribution in [0.2, 0.25) is 0 Å². The lowest BCUT2D eigenvalue weighted by molar-refractivity contribution is -0.137. The van der Waals surface area contributed by atoms with Crippen molar-refractivity contribution in [2.75, 3.05) is 29.5 Å². The number of alkyl halides is 3. The minimum Gasteiger partial charge on any atom is -0.383 e. The van der Waals surface area contributed by atoms with Crippen molar-refractivity contribution in [2.45, 2.75) is 25.1 Å². The highest BCUT2D eigenvalue weighted by molar-refractivity contribution is 6.16. The average Bonchev–Trinajstić information content (AvgIpc) is 2.84. The van der Waals surface area contributed by atoms with Gasteiger partial charge in [0.15, 0.2) is 0 Å². The summed E-state index contributed by atoms with van der Waals surface area (Å²) in [5.41, 5.74) is 7.18. The van der Waals surface area contributed by atoms with Gasteiger partial charge in [-0.1, -0.05) is 18.2 Å². The van der Waals surface area contributed by atoms with Gasteiger partial charge in [-0.2, -0.15) is 13.2 Å². The van der Waals surface area contributed by atoms with E-state index < -0.39 is 11.7 Å². The van der Waals surface area contributed by atoms with Crippen LogP contribution in [-0.2, 0) is 11.0 Å². The number of hydrogen-bond acceptors (Lipinski definition) is 7. The number of nitrogens with two attached hydrogens (primary N) is 1. The van der Waals surface area contributed by atoms with Gasteiger partial charge in [-0.3, -0.25) is 10.2 Å². The fraction of sp³-hybridized carbons (Fsp3) is 0.250. The fourth-order valence-corrected chi connectivity index (χ4v) is 3.97. The van der Waals surface area contributed by atoms with Crippen LogP contribution in [0.3, 0.4) is 0 Å². The standard InChI is InChI=1S/C24H24F3N7O/c25-24(26,27)16-3-1-4-18(11-16)32-17-8-6-15(7-9-17)21(28)20-22(29)30-13-31-23(20)33-19-5-2-10-34(12-19)14-35/h1,3-4,6-9,11,13-14,19,28,32H,2,5,10,12H2,(H3,29,30,31,33). The number of carbonyl (C=O) groups is 1. The maximum Gasteiger partial charge on any atom is 0.416 e. The molecule has 0 radical (unpaired) electrons. The Morgan fingerprint density at radius 1 is 1.14 bits per heavy atom. The van der Waals surface area contributed by atoms with Crippen LogP contribution in [0.1, 0.15) is 29.5 Å². The van der Waals surface area contributed by atoms with E-state index in [1.165, 1.54) is 12.4 Å². The minimum atomic E-state index is -4.43.